The van der Waals surface area contributed by atoms with Gasteiger partial charge in [-0.15, -0.1) is 0 Å². The number of rotatable bonds is 4. The molecule has 4 rings (SSSR count). The molecule has 2 aromatic heterocycles. The molecule has 0 saturated heterocycles. The Morgan fingerprint density at radius 2 is 1.86 bits per heavy atom. The van der Waals surface area contributed by atoms with Crippen molar-refractivity contribution in [1.82, 2.24) is 9.38 Å². The molecule has 2 aromatic carbocycles. The van der Waals surface area contributed by atoms with Crippen molar-refractivity contribution < 1.29 is 9.53 Å². The number of hydrogen-bond donors (Lipinski definition) is 1. The van der Waals surface area contributed by atoms with E-state index in [0.717, 1.165) is 25.8 Å². The van der Waals surface area contributed by atoms with E-state index in [0.29, 0.717) is 17.0 Å². The lowest BCUT2D eigenvalue weighted by Gasteiger charge is -2.07. The molecule has 28 heavy (non-hydrogen) atoms. The molecule has 0 aliphatic carbocycles. The zero-order chi connectivity index (χ0) is 19.7. The summed E-state index contributed by atoms with van der Waals surface area (Å²) in [6, 6.07) is 16.6. The molecule has 2 heterocycles. The fourth-order valence-corrected chi connectivity index (χ4v) is 4.15. The second kappa shape index (κ2) is 7.77. The summed E-state index contributed by atoms with van der Waals surface area (Å²) in [5, 5.41) is 2.90. The normalized spacial score (nSPS) is 10.8. The highest BCUT2D eigenvalue weighted by Gasteiger charge is 2.10. The zero-order valence-electron chi connectivity index (χ0n) is 14.8. The third-order valence-corrected chi connectivity index (χ3v) is 5.26. The molecule has 1 N–H and O–H groups in total. The van der Waals surface area contributed by atoms with Gasteiger partial charge in [0, 0.05) is 33.7 Å². The van der Waals surface area contributed by atoms with E-state index >= 15 is 0 Å². The predicted octanol–water partition coefficient (Wildman–Crippen LogP) is 5.79. The van der Waals surface area contributed by atoms with Crippen LogP contribution in [0.15, 0.2) is 75.9 Å². The number of hydrogen-bond acceptors (Lipinski definition) is 3. The number of pyridine rings is 1. The number of halogens is 2. The molecule has 0 spiro atoms. The molecule has 0 aliphatic heterocycles. The summed E-state index contributed by atoms with van der Waals surface area (Å²) in [7, 11) is 1.58. The van der Waals surface area contributed by atoms with Gasteiger partial charge in [0.1, 0.15) is 5.75 Å². The van der Waals surface area contributed by atoms with Crippen LogP contribution < -0.4 is 10.1 Å². The van der Waals surface area contributed by atoms with Gasteiger partial charge in [-0.25, -0.2) is 4.98 Å². The van der Waals surface area contributed by atoms with Gasteiger partial charge in [0.15, 0.2) is 5.65 Å². The second-order valence-electron chi connectivity index (χ2n) is 6.13. The van der Waals surface area contributed by atoms with Gasteiger partial charge in [-0.05, 0) is 68.3 Å². The highest BCUT2D eigenvalue weighted by Crippen LogP contribution is 2.27. The summed E-state index contributed by atoms with van der Waals surface area (Å²) in [5.41, 5.74) is 3.91. The molecule has 0 atom stereocenters. The van der Waals surface area contributed by atoms with E-state index in [1.54, 1.807) is 31.4 Å². The molecular weight excluding hydrogens is 486 g/mol. The number of benzene rings is 2. The summed E-state index contributed by atoms with van der Waals surface area (Å²) >= 11 is 7.02. The lowest BCUT2D eigenvalue weighted by molar-refractivity contribution is 0.102. The van der Waals surface area contributed by atoms with Crippen molar-refractivity contribution in [3.63, 3.8) is 0 Å². The number of fused-ring (bicyclic) bond motifs is 1. The van der Waals surface area contributed by atoms with E-state index in [-0.39, 0.29) is 5.91 Å². The van der Waals surface area contributed by atoms with Gasteiger partial charge in [-0.1, -0.05) is 18.2 Å². The van der Waals surface area contributed by atoms with Crippen molar-refractivity contribution in [1.29, 1.82) is 0 Å². The zero-order valence-corrected chi connectivity index (χ0v) is 18.0. The molecule has 0 saturated carbocycles. The maximum absolute atomic E-state index is 12.4. The van der Waals surface area contributed by atoms with Crippen molar-refractivity contribution in [3.05, 3.63) is 81.5 Å². The first-order valence-corrected chi connectivity index (χ1v) is 10.0. The van der Waals surface area contributed by atoms with Gasteiger partial charge in [0.25, 0.3) is 5.91 Å². The van der Waals surface area contributed by atoms with E-state index in [1.165, 1.54) is 0 Å². The fourth-order valence-electron chi connectivity index (χ4n) is 2.86. The minimum atomic E-state index is -0.187. The van der Waals surface area contributed by atoms with Crippen molar-refractivity contribution in [2.45, 2.75) is 0 Å². The van der Waals surface area contributed by atoms with Crippen LogP contribution in [0.25, 0.3) is 16.9 Å². The average molecular weight is 501 g/mol. The van der Waals surface area contributed by atoms with Crippen LogP contribution in [0.1, 0.15) is 10.4 Å². The molecule has 0 unspecified atom stereocenters. The number of methoxy groups -OCH3 is 1. The second-order valence-corrected chi connectivity index (χ2v) is 7.90. The Hall–Kier alpha value is -2.64. The van der Waals surface area contributed by atoms with Gasteiger partial charge >= 0.3 is 0 Å². The lowest BCUT2D eigenvalue weighted by Crippen LogP contribution is -2.11. The number of nitrogens with zero attached hydrogens (tertiary/aromatic N) is 2. The van der Waals surface area contributed by atoms with Crippen molar-refractivity contribution in [2.75, 3.05) is 12.4 Å². The first kappa shape index (κ1) is 18.7. The van der Waals surface area contributed by atoms with Crippen molar-refractivity contribution >= 4 is 49.1 Å². The van der Waals surface area contributed by atoms with Crippen LogP contribution in [0, 0.1) is 0 Å². The van der Waals surface area contributed by atoms with Crippen LogP contribution >= 0.6 is 31.9 Å². The number of nitrogens with one attached hydrogen (secondary N) is 1. The maximum atomic E-state index is 12.4. The van der Waals surface area contributed by atoms with E-state index in [1.807, 2.05) is 47.1 Å². The Bertz CT molecular complexity index is 1170. The van der Waals surface area contributed by atoms with E-state index in [9.17, 15) is 4.79 Å². The first-order chi connectivity index (χ1) is 13.5. The molecule has 4 aromatic rings. The molecule has 0 bridgehead atoms. The van der Waals surface area contributed by atoms with Crippen LogP contribution in [0.4, 0.5) is 5.69 Å². The van der Waals surface area contributed by atoms with E-state index < -0.39 is 0 Å². The number of carbonyl (C=O) groups is 1. The van der Waals surface area contributed by atoms with Gasteiger partial charge in [0.05, 0.1) is 17.3 Å². The topological polar surface area (TPSA) is 55.6 Å². The third kappa shape index (κ3) is 3.81. The Balaban J connectivity index is 1.55. The standard InChI is InChI=1S/C21H15Br2N3O2/c1-28-17-4-2-3-14(9-17)21(27)24-16-7-5-13(6-8-16)19-12-26-11-15(22)10-18(23)20(26)25-19/h2-12H,1H3,(H,24,27). The van der Waals surface area contributed by atoms with Gasteiger partial charge in [-0.2, -0.15) is 0 Å². The predicted molar refractivity (Wildman–Crippen MR) is 117 cm³/mol. The molecule has 0 aliphatic rings. The molecule has 1 amide bonds. The Morgan fingerprint density at radius 3 is 2.61 bits per heavy atom. The SMILES string of the molecule is COc1cccc(C(=O)Nc2ccc(-c3cn4cc(Br)cc(Br)c4n3)cc2)c1. The molecule has 0 radical (unpaired) electrons. The van der Waals surface area contributed by atoms with Crippen molar-refractivity contribution in [2.24, 2.45) is 0 Å². The van der Waals surface area contributed by atoms with Crippen LogP contribution in [0.2, 0.25) is 0 Å². The summed E-state index contributed by atoms with van der Waals surface area (Å²) in [6.45, 7) is 0. The first-order valence-electron chi connectivity index (χ1n) is 8.43. The van der Waals surface area contributed by atoms with Crippen LogP contribution in [0.3, 0.4) is 0 Å². The molecule has 0 fully saturated rings. The highest BCUT2D eigenvalue weighted by atomic mass is 79.9. The number of carbonyl (C=O) groups excluding carboxylic acids is 1. The molecule has 7 heteroatoms. The van der Waals surface area contributed by atoms with Crippen LogP contribution in [-0.2, 0) is 0 Å². The number of amides is 1. The van der Waals surface area contributed by atoms with Gasteiger partial charge < -0.3 is 14.5 Å². The molecular formula is C21H15Br2N3O2. The Morgan fingerprint density at radius 1 is 1.07 bits per heavy atom. The highest BCUT2D eigenvalue weighted by molar-refractivity contribution is 9.11. The minimum absolute atomic E-state index is 0.187. The quantitative estimate of drug-likeness (QED) is 0.386. The minimum Gasteiger partial charge on any atom is -0.497 e. The number of aromatic nitrogens is 2. The fraction of sp³-hybridized carbons (Fsp3) is 0.0476. The van der Waals surface area contributed by atoms with Crippen molar-refractivity contribution in [3.8, 4) is 17.0 Å². The summed E-state index contributed by atoms with van der Waals surface area (Å²) in [5.74, 6) is 0.459. The summed E-state index contributed by atoms with van der Waals surface area (Å²) in [4.78, 5) is 17.1. The summed E-state index contributed by atoms with van der Waals surface area (Å²) < 4.78 is 9.00. The number of ether oxygens (including phenoxy) is 1. The van der Waals surface area contributed by atoms with Gasteiger partial charge in [-0.3, -0.25) is 4.79 Å². The summed E-state index contributed by atoms with van der Waals surface area (Å²) in [6.07, 6.45) is 3.92. The van der Waals surface area contributed by atoms with Crippen LogP contribution in [-0.4, -0.2) is 22.4 Å². The lowest BCUT2D eigenvalue weighted by atomic mass is 10.1. The molecule has 5 nitrogen and oxygen atoms in total. The maximum Gasteiger partial charge on any atom is 0.255 e. The van der Waals surface area contributed by atoms with E-state index in [4.69, 9.17) is 4.74 Å². The smallest absolute Gasteiger partial charge is 0.255 e. The third-order valence-electron chi connectivity index (χ3n) is 4.24. The van der Waals surface area contributed by atoms with E-state index in [2.05, 4.69) is 42.2 Å². The van der Waals surface area contributed by atoms with Gasteiger partial charge in [0.2, 0.25) is 0 Å². The molecule has 140 valence electrons. The average Bonchev–Trinajstić information content (AvgIpc) is 3.13. The monoisotopic (exact) mass is 499 g/mol. The number of imidazole rings is 1. The Kier molecular flexibility index (Phi) is 5.19. The largest absolute Gasteiger partial charge is 0.497 e. The van der Waals surface area contributed by atoms with Crippen LogP contribution in [0.5, 0.6) is 5.75 Å². The number of anilines is 1. The Labute approximate surface area is 178 Å².